The highest BCUT2D eigenvalue weighted by Gasteiger charge is 2.18. The standard InChI is InChI=1S/C15H21ClN4O2/c16-9-11(21)10-17-12-5-6-13(15-14(12)18-22-19-15)20-7-3-1-2-4-8-20/h5-6,11,17,21H,1-4,7-10H2. The molecule has 1 aromatic heterocycles. The maximum atomic E-state index is 9.57. The maximum Gasteiger partial charge on any atom is 0.160 e. The van der Waals surface area contributed by atoms with E-state index in [9.17, 15) is 5.11 Å². The number of aliphatic hydroxyl groups excluding tert-OH is 1. The number of halogens is 1. The van der Waals surface area contributed by atoms with Crippen molar-refractivity contribution < 1.29 is 9.74 Å². The van der Waals surface area contributed by atoms with Crippen LogP contribution >= 0.6 is 11.6 Å². The number of alkyl halides is 1. The molecule has 2 aromatic rings. The molecule has 6 nitrogen and oxygen atoms in total. The number of rotatable bonds is 5. The number of nitrogens with one attached hydrogen (secondary N) is 1. The van der Waals surface area contributed by atoms with E-state index in [0.717, 1.165) is 30.0 Å². The molecule has 2 N–H and O–H groups in total. The smallest absolute Gasteiger partial charge is 0.160 e. The van der Waals surface area contributed by atoms with Crippen LogP contribution in [0.1, 0.15) is 25.7 Å². The molecule has 1 unspecified atom stereocenters. The molecule has 0 spiro atoms. The van der Waals surface area contributed by atoms with Crippen molar-refractivity contribution in [3.05, 3.63) is 12.1 Å². The number of hydrogen-bond donors (Lipinski definition) is 2. The molecule has 1 aliphatic heterocycles. The Morgan fingerprint density at radius 3 is 2.64 bits per heavy atom. The Hall–Kier alpha value is -1.53. The Balaban J connectivity index is 1.85. The molecule has 0 radical (unpaired) electrons. The van der Waals surface area contributed by atoms with Crippen LogP contribution in [0.3, 0.4) is 0 Å². The van der Waals surface area contributed by atoms with E-state index in [-0.39, 0.29) is 5.88 Å². The van der Waals surface area contributed by atoms with Crippen molar-refractivity contribution in [3.63, 3.8) is 0 Å². The van der Waals surface area contributed by atoms with E-state index in [1.54, 1.807) is 0 Å². The Kier molecular flexibility index (Phi) is 5.00. The molecule has 1 atom stereocenters. The van der Waals surface area contributed by atoms with E-state index >= 15 is 0 Å². The normalized spacial score (nSPS) is 17.5. The third-order valence-corrected chi connectivity index (χ3v) is 4.40. The van der Waals surface area contributed by atoms with E-state index in [1.165, 1.54) is 25.7 Å². The van der Waals surface area contributed by atoms with Crippen LogP contribution < -0.4 is 10.2 Å². The average molecular weight is 325 g/mol. The Labute approximate surface area is 134 Å². The van der Waals surface area contributed by atoms with Gasteiger partial charge in [-0.1, -0.05) is 12.8 Å². The predicted octanol–water partition coefficient (Wildman–Crippen LogP) is 2.61. The topological polar surface area (TPSA) is 74.4 Å². The fraction of sp³-hybridized carbons (Fsp3) is 0.600. The minimum absolute atomic E-state index is 0.194. The fourth-order valence-electron chi connectivity index (χ4n) is 2.85. The lowest BCUT2D eigenvalue weighted by atomic mass is 10.2. The third kappa shape index (κ3) is 3.28. The second kappa shape index (κ2) is 7.15. The Morgan fingerprint density at radius 1 is 1.18 bits per heavy atom. The number of anilines is 2. The molecule has 7 heteroatoms. The van der Waals surface area contributed by atoms with Gasteiger partial charge in [0, 0.05) is 19.6 Å². The monoisotopic (exact) mass is 324 g/mol. The number of nitrogens with zero attached hydrogens (tertiary/aromatic N) is 3. The molecule has 1 fully saturated rings. The molecule has 0 saturated carbocycles. The lowest BCUT2D eigenvalue weighted by molar-refractivity contribution is 0.211. The van der Waals surface area contributed by atoms with Gasteiger partial charge in [0.1, 0.15) is 0 Å². The van der Waals surface area contributed by atoms with Gasteiger partial charge in [-0.05, 0) is 35.3 Å². The van der Waals surface area contributed by atoms with Crippen LogP contribution in [-0.4, -0.2) is 47.0 Å². The zero-order chi connectivity index (χ0) is 15.4. The second-order valence-electron chi connectivity index (χ2n) is 5.68. The number of aromatic nitrogens is 2. The highest BCUT2D eigenvalue weighted by atomic mass is 35.5. The van der Waals surface area contributed by atoms with Gasteiger partial charge in [-0.3, -0.25) is 0 Å². The average Bonchev–Trinajstić information content (AvgIpc) is 2.88. The minimum atomic E-state index is -0.595. The number of hydrogen-bond acceptors (Lipinski definition) is 6. The summed E-state index contributed by atoms with van der Waals surface area (Å²) in [7, 11) is 0. The number of fused-ring (bicyclic) bond motifs is 1. The van der Waals surface area contributed by atoms with E-state index in [1.807, 2.05) is 12.1 Å². The highest BCUT2D eigenvalue weighted by molar-refractivity contribution is 6.18. The van der Waals surface area contributed by atoms with E-state index < -0.39 is 6.10 Å². The number of aliphatic hydroxyl groups is 1. The molecular weight excluding hydrogens is 304 g/mol. The molecule has 3 rings (SSSR count). The van der Waals surface area contributed by atoms with Crippen LogP contribution in [0.25, 0.3) is 11.0 Å². The van der Waals surface area contributed by atoms with Crippen LogP contribution in [0, 0.1) is 0 Å². The maximum absolute atomic E-state index is 9.57. The van der Waals surface area contributed by atoms with Gasteiger partial charge in [-0.2, -0.15) is 0 Å². The van der Waals surface area contributed by atoms with Gasteiger partial charge in [0.05, 0.1) is 23.4 Å². The second-order valence-corrected chi connectivity index (χ2v) is 5.99. The molecular formula is C15H21ClN4O2. The van der Waals surface area contributed by atoms with Gasteiger partial charge >= 0.3 is 0 Å². The molecule has 1 saturated heterocycles. The van der Waals surface area contributed by atoms with Gasteiger partial charge in [0.15, 0.2) is 11.0 Å². The number of benzene rings is 1. The van der Waals surface area contributed by atoms with Crippen LogP contribution in [0.5, 0.6) is 0 Å². The predicted molar refractivity (Wildman–Crippen MR) is 87.7 cm³/mol. The zero-order valence-corrected chi connectivity index (χ0v) is 13.2. The molecule has 0 aliphatic carbocycles. The van der Waals surface area contributed by atoms with Crippen molar-refractivity contribution in [1.29, 1.82) is 0 Å². The first-order valence-electron chi connectivity index (χ1n) is 7.77. The fourth-order valence-corrected chi connectivity index (χ4v) is 2.95. The molecule has 2 heterocycles. The van der Waals surface area contributed by atoms with Crippen LogP contribution in [-0.2, 0) is 0 Å². The lowest BCUT2D eigenvalue weighted by Gasteiger charge is -2.23. The largest absolute Gasteiger partial charge is 0.390 e. The van der Waals surface area contributed by atoms with Crippen molar-refractivity contribution in [2.24, 2.45) is 0 Å². The van der Waals surface area contributed by atoms with Crippen molar-refractivity contribution in [2.75, 3.05) is 35.7 Å². The van der Waals surface area contributed by atoms with Gasteiger partial charge in [-0.25, -0.2) is 4.63 Å². The molecule has 0 amide bonds. The summed E-state index contributed by atoms with van der Waals surface area (Å²) in [5.41, 5.74) is 3.34. The summed E-state index contributed by atoms with van der Waals surface area (Å²) < 4.78 is 4.95. The van der Waals surface area contributed by atoms with Crippen molar-refractivity contribution >= 4 is 34.0 Å². The van der Waals surface area contributed by atoms with Crippen LogP contribution in [0.2, 0.25) is 0 Å². The summed E-state index contributed by atoms with van der Waals surface area (Å²) >= 11 is 5.61. The van der Waals surface area contributed by atoms with Crippen LogP contribution in [0.15, 0.2) is 16.8 Å². The van der Waals surface area contributed by atoms with E-state index in [0.29, 0.717) is 12.1 Å². The summed E-state index contributed by atoms with van der Waals surface area (Å²) in [6.07, 6.45) is 4.38. The van der Waals surface area contributed by atoms with Gasteiger partial charge in [0.2, 0.25) is 0 Å². The SMILES string of the molecule is OC(CCl)CNc1ccc(N2CCCCCC2)c2nonc12. The minimum Gasteiger partial charge on any atom is -0.390 e. The van der Waals surface area contributed by atoms with E-state index in [2.05, 4.69) is 20.5 Å². The Bertz CT molecular complexity index is 611. The molecule has 1 aromatic carbocycles. The zero-order valence-electron chi connectivity index (χ0n) is 12.5. The first kappa shape index (κ1) is 15.4. The quantitative estimate of drug-likeness (QED) is 0.824. The summed E-state index contributed by atoms with van der Waals surface area (Å²) in [6.45, 7) is 2.45. The van der Waals surface area contributed by atoms with Gasteiger partial charge in [-0.15, -0.1) is 11.6 Å². The first-order chi connectivity index (χ1) is 10.8. The van der Waals surface area contributed by atoms with Crippen molar-refractivity contribution in [3.8, 4) is 0 Å². The Morgan fingerprint density at radius 2 is 1.91 bits per heavy atom. The van der Waals surface area contributed by atoms with Crippen molar-refractivity contribution in [1.82, 2.24) is 10.3 Å². The van der Waals surface area contributed by atoms with Crippen molar-refractivity contribution in [2.45, 2.75) is 31.8 Å². The summed E-state index contributed by atoms with van der Waals surface area (Å²) in [4.78, 5) is 2.36. The third-order valence-electron chi connectivity index (χ3n) is 4.05. The summed E-state index contributed by atoms with van der Waals surface area (Å²) in [5, 5.41) is 20.8. The molecule has 0 bridgehead atoms. The molecule has 1 aliphatic rings. The lowest BCUT2D eigenvalue weighted by Crippen LogP contribution is -2.24. The molecule has 22 heavy (non-hydrogen) atoms. The molecule has 120 valence electrons. The highest BCUT2D eigenvalue weighted by Crippen LogP contribution is 2.31. The summed E-state index contributed by atoms with van der Waals surface area (Å²) in [5.74, 6) is 0.194. The summed E-state index contributed by atoms with van der Waals surface area (Å²) in [6, 6.07) is 4.01. The van der Waals surface area contributed by atoms with Crippen LogP contribution in [0.4, 0.5) is 11.4 Å². The van der Waals surface area contributed by atoms with E-state index in [4.69, 9.17) is 16.2 Å². The first-order valence-corrected chi connectivity index (χ1v) is 8.31. The van der Waals surface area contributed by atoms with Gasteiger partial charge < -0.3 is 15.3 Å². The van der Waals surface area contributed by atoms with Gasteiger partial charge in [0.25, 0.3) is 0 Å².